The Labute approximate surface area is 121 Å². The first-order valence-corrected chi connectivity index (χ1v) is 7.74. The zero-order valence-electron chi connectivity index (χ0n) is 11.0. The van der Waals surface area contributed by atoms with Crippen molar-refractivity contribution in [2.75, 3.05) is 31.6 Å². The lowest BCUT2D eigenvalue weighted by molar-refractivity contribution is -0.122. The molecule has 1 aromatic rings. The van der Waals surface area contributed by atoms with Crippen LogP contribution >= 0.6 is 0 Å². The zero-order valence-corrected chi connectivity index (χ0v) is 11.8. The van der Waals surface area contributed by atoms with Crippen LogP contribution in [0.5, 0.6) is 5.75 Å². The van der Waals surface area contributed by atoms with Gasteiger partial charge < -0.3 is 15.4 Å². The topological polar surface area (TPSA) is 105 Å². The number of ether oxygens (including phenoxy) is 1. The number of nitrogens with zero attached hydrogens (tertiary/aromatic N) is 1. The highest BCUT2D eigenvalue weighted by Gasteiger charge is 2.30. The fourth-order valence-electron chi connectivity index (χ4n) is 2.19. The van der Waals surface area contributed by atoms with Gasteiger partial charge >= 0.3 is 0 Å². The van der Waals surface area contributed by atoms with Crippen LogP contribution in [-0.2, 0) is 19.6 Å². The molecule has 0 spiro atoms. The van der Waals surface area contributed by atoms with E-state index in [1.807, 2.05) is 0 Å². The number of piperazine rings is 1. The van der Waals surface area contributed by atoms with E-state index in [2.05, 4.69) is 10.6 Å². The maximum Gasteiger partial charge on any atom is 0.262 e. The lowest BCUT2D eigenvalue weighted by atomic mass is 10.2. The van der Waals surface area contributed by atoms with Crippen molar-refractivity contribution in [3.8, 4) is 5.75 Å². The quantitative estimate of drug-likeness (QED) is 0.739. The number of sulfonamides is 1. The first kappa shape index (κ1) is 13.8. The molecule has 0 atom stereocenters. The molecule has 2 aliphatic heterocycles. The van der Waals surface area contributed by atoms with E-state index in [4.69, 9.17) is 4.74 Å². The summed E-state index contributed by atoms with van der Waals surface area (Å²) in [6.07, 6.45) is 0. The van der Waals surface area contributed by atoms with Gasteiger partial charge in [-0.1, -0.05) is 0 Å². The van der Waals surface area contributed by atoms with E-state index in [1.165, 1.54) is 18.2 Å². The number of hydrogen-bond acceptors (Lipinski definition) is 5. The molecule has 1 fully saturated rings. The standard InChI is InChI=1S/C12H13N3O5S/c16-11-6-15(4-3-13-11)21(18,19)8-1-2-10-9(5-8)14-12(17)7-20-10/h1-2,5H,3-4,6-7H2,(H,13,16)(H,14,17). The summed E-state index contributed by atoms with van der Waals surface area (Å²) in [7, 11) is -3.78. The smallest absolute Gasteiger partial charge is 0.262 e. The molecule has 1 aromatic carbocycles. The van der Waals surface area contributed by atoms with Crippen molar-refractivity contribution in [3.63, 3.8) is 0 Å². The van der Waals surface area contributed by atoms with Crippen LogP contribution < -0.4 is 15.4 Å². The van der Waals surface area contributed by atoms with Crippen molar-refractivity contribution >= 4 is 27.5 Å². The molecule has 8 nitrogen and oxygen atoms in total. The van der Waals surface area contributed by atoms with Gasteiger partial charge in [-0.05, 0) is 18.2 Å². The van der Waals surface area contributed by atoms with Gasteiger partial charge in [0.25, 0.3) is 5.91 Å². The first-order chi connectivity index (χ1) is 9.96. The van der Waals surface area contributed by atoms with Crippen LogP contribution in [-0.4, -0.2) is 50.8 Å². The van der Waals surface area contributed by atoms with E-state index in [1.54, 1.807) is 0 Å². The minimum absolute atomic E-state index is 0.0155. The molecule has 2 amide bonds. The van der Waals surface area contributed by atoms with Crippen LogP contribution in [0.3, 0.4) is 0 Å². The Bertz CT molecular complexity index is 716. The van der Waals surface area contributed by atoms with E-state index in [0.29, 0.717) is 11.4 Å². The highest BCUT2D eigenvalue weighted by atomic mass is 32.2. The maximum absolute atomic E-state index is 12.5. The molecule has 0 radical (unpaired) electrons. The normalized spacial score (nSPS) is 19.2. The van der Waals surface area contributed by atoms with Gasteiger partial charge in [-0.3, -0.25) is 9.59 Å². The van der Waals surface area contributed by atoms with Gasteiger partial charge in [0.15, 0.2) is 6.61 Å². The number of carbonyl (C=O) groups excluding carboxylic acids is 2. The van der Waals surface area contributed by atoms with Crippen LogP contribution in [0, 0.1) is 0 Å². The molecule has 2 aliphatic rings. The molecule has 2 heterocycles. The van der Waals surface area contributed by atoms with Crippen LogP contribution in [0.25, 0.3) is 0 Å². The largest absolute Gasteiger partial charge is 0.482 e. The summed E-state index contributed by atoms with van der Waals surface area (Å²) < 4.78 is 31.3. The number of anilines is 1. The van der Waals surface area contributed by atoms with Crippen molar-refractivity contribution in [2.45, 2.75) is 4.90 Å². The Morgan fingerprint density at radius 3 is 2.76 bits per heavy atom. The van der Waals surface area contributed by atoms with Crippen LogP contribution in [0.2, 0.25) is 0 Å². The van der Waals surface area contributed by atoms with Gasteiger partial charge in [0.05, 0.1) is 17.1 Å². The average Bonchev–Trinajstić information content (AvgIpc) is 2.46. The minimum Gasteiger partial charge on any atom is -0.482 e. The van der Waals surface area contributed by atoms with Gasteiger partial charge in [0.1, 0.15) is 5.75 Å². The summed E-state index contributed by atoms with van der Waals surface area (Å²) in [5.74, 6) is -0.251. The number of hydrogen-bond donors (Lipinski definition) is 2. The Morgan fingerprint density at radius 2 is 2.00 bits per heavy atom. The summed E-state index contributed by atoms with van der Waals surface area (Å²) in [6.45, 7) is 0.199. The highest BCUT2D eigenvalue weighted by Crippen LogP contribution is 2.31. The number of rotatable bonds is 2. The number of amides is 2. The molecule has 112 valence electrons. The Hall–Kier alpha value is -2.13. The molecule has 0 saturated carbocycles. The molecular formula is C12H13N3O5S. The van der Waals surface area contributed by atoms with Gasteiger partial charge in [-0.25, -0.2) is 8.42 Å². The van der Waals surface area contributed by atoms with E-state index >= 15 is 0 Å². The fraction of sp³-hybridized carbons (Fsp3) is 0.333. The molecule has 2 N–H and O–H groups in total. The molecule has 21 heavy (non-hydrogen) atoms. The Kier molecular flexibility index (Phi) is 3.30. The number of nitrogens with one attached hydrogen (secondary N) is 2. The summed E-state index contributed by atoms with van der Waals surface area (Å²) in [4.78, 5) is 22.6. The molecule has 0 aromatic heterocycles. The van der Waals surface area contributed by atoms with Crippen molar-refractivity contribution in [2.24, 2.45) is 0 Å². The third-order valence-electron chi connectivity index (χ3n) is 3.22. The molecule has 0 aliphatic carbocycles. The van der Waals surface area contributed by atoms with Gasteiger partial charge in [0, 0.05) is 13.1 Å². The molecule has 0 unspecified atom stereocenters. The third-order valence-corrected chi connectivity index (χ3v) is 5.07. The van der Waals surface area contributed by atoms with Gasteiger partial charge in [0.2, 0.25) is 15.9 Å². The van der Waals surface area contributed by atoms with Crippen LogP contribution in [0.1, 0.15) is 0 Å². The Balaban J connectivity index is 1.94. The van der Waals surface area contributed by atoms with Gasteiger partial charge in [-0.15, -0.1) is 0 Å². The summed E-state index contributed by atoms with van der Waals surface area (Å²) >= 11 is 0. The summed E-state index contributed by atoms with van der Waals surface area (Å²) in [6, 6.07) is 4.23. The van der Waals surface area contributed by atoms with Crippen molar-refractivity contribution in [3.05, 3.63) is 18.2 Å². The molecular weight excluding hydrogens is 298 g/mol. The molecule has 1 saturated heterocycles. The third kappa shape index (κ3) is 2.57. The van der Waals surface area contributed by atoms with Gasteiger partial charge in [-0.2, -0.15) is 4.31 Å². The molecule has 3 rings (SSSR count). The van der Waals surface area contributed by atoms with E-state index in [0.717, 1.165) is 4.31 Å². The second kappa shape index (κ2) is 5.01. The van der Waals surface area contributed by atoms with Crippen LogP contribution in [0.4, 0.5) is 5.69 Å². The second-order valence-corrected chi connectivity index (χ2v) is 6.62. The predicted molar refractivity (Wildman–Crippen MR) is 72.3 cm³/mol. The summed E-state index contributed by atoms with van der Waals surface area (Å²) in [5.41, 5.74) is 0.314. The Morgan fingerprint density at radius 1 is 1.19 bits per heavy atom. The van der Waals surface area contributed by atoms with Crippen LogP contribution in [0.15, 0.2) is 23.1 Å². The SMILES string of the molecule is O=C1CN(S(=O)(=O)c2ccc3c(c2)NC(=O)CO3)CCN1. The number of carbonyl (C=O) groups is 2. The lowest BCUT2D eigenvalue weighted by Crippen LogP contribution is -2.49. The van der Waals surface area contributed by atoms with E-state index in [-0.39, 0.29) is 43.0 Å². The molecule has 0 bridgehead atoms. The highest BCUT2D eigenvalue weighted by molar-refractivity contribution is 7.89. The predicted octanol–water partition coefficient (Wildman–Crippen LogP) is -0.862. The van der Waals surface area contributed by atoms with E-state index in [9.17, 15) is 18.0 Å². The fourth-order valence-corrected chi connectivity index (χ4v) is 3.62. The van der Waals surface area contributed by atoms with Crippen molar-refractivity contribution in [1.29, 1.82) is 0 Å². The van der Waals surface area contributed by atoms with E-state index < -0.39 is 10.0 Å². The summed E-state index contributed by atoms with van der Waals surface area (Å²) in [5, 5.41) is 5.13. The second-order valence-electron chi connectivity index (χ2n) is 4.68. The van der Waals surface area contributed by atoms with Crippen molar-refractivity contribution < 1.29 is 22.7 Å². The average molecular weight is 311 g/mol. The maximum atomic E-state index is 12.5. The number of benzene rings is 1. The number of fused-ring (bicyclic) bond motifs is 1. The monoisotopic (exact) mass is 311 g/mol. The molecule has 9 heteroatoms. The lowest BCUT2D eigenvalue weighted by Gasteiger charge is -2.26. The minimum atomic E-state index is -3.78. The zero-order chi connectivity index (χ0) is 15.0. The first-order valence-electron chi connectivity index (χ1n) is 6.30. The van der Waals surface area contributed by atoms with Crippen molar-refractivity contribution in [1.82, 2.24) is 9.62 Å².